The van der Waals surface area contributed by atoms with Gasteiger partial charge in [-0.2, -0.15) is 0 Å². The molecule has 0 rings (SSSR count). The lowest BCUT2D eigenvalue weighted by Crippen LogP contribution is -2.32. The highest BCUT2D eigenvalue weighted by Gasteiger charge is 2.16. The molecule has 0 saturated carbocycles. The van der Waals surface area contributed by atoms with Crippen LogP contribution in [0.4, 0.5) is 0 Å². The number of hydrogen-bond acceptors (Lipinski definition) is 3. The first-order chi connectivity index (χ1) is 7.09. The number of ether oxygens (including phenoxy) is 1. The summed E-state index contributed by atoms with van der Waals surface area (Å²) >= 11 is 0. The molecule has 92 valence electrons. The van der Waals surface area contributed by atoms with Gasteiger partial charge in [-0.15, -0.1) is 0 Å². The van der Waals surface area contributed by atoms with Crippen LogP contribution >= 0.6 is 0 Å². The lowest BCUT2D eigenvalue weighted by Gasteiger charge is -2.25. The molecule has 3 nitrogen and oxygen atoms in total. The van der Waals surface area contributed by atoms with Crippen molar-refractivity contribution in [1.29, 1.82) is 0 Å². The van der Waals surface area contributed by atoms with Crippen molar-refractivity contribution in [3.63, 3.8) is 0 Å². The first-order valence-electron chi connectivity index (χ1n) is 6.08. The predicted octanol–water partition coefficient (Wildman–Crippen LogP) is 1.48. The molecule has 3 heteroatoms. The summed E-state index contributed by atoms with van der Waals surface area (Å²) in [5, 5.41) is 3.44. The third-order valence-electron chi connectivity index (χ3n) is 2.78. The minimum absolute atomic E-state index is 0.612. The van der Waals surface area contributed by atoms with Gasteiger partial charge in [-0.25, -0.2) is 0 Å². The van der Waals surface area contributed by atoms with Gasteiger partial charge in [0.2, 0.25) is 0 Å². The van der Waals surface area contributed by atoms with E-state index in [2.05, 4.69) is 33.0 Å². The Hall–Kier alpha value is -0.120. The number of nitrogens with one attached hydrogen (secondary N) is 1. The summed E-state index contributed by atoms with van der Waals surface area (Å²) in [6.07, 6.45) is 0. The van der Waals surface area contributed by atoms with E-state index in [1.54, 1.807) is 0 Å². The first-order valence-corrected chi connectivity index (χ1v) is 6.08. The normalized spacial score (nSPS) is 12.0. The fraction of sp³-hybridized carbons (Fsp3) is 1.00. The van der Waals surface area contributed by atoms with E-state index in [1.807, 2.05) is 0 Å². The van der Waals surface area contributed by atoms with Gasteiger partial charge < -0.3 is 15.8 Å². The van der Waals surface area contributed by atoms with Gasteiger partial charge in [-0.3, -0.25) is 0 Å². The van der Waals surface area contributed by atoms with Gasteiger partial charge in [0, 0.05) is 13.1 Å². The first kappa shape index (κ1) is 14.9. The van der Waals surface area contributed by atoms with Crippen LogP contribution in [0.25, 0.3) is 0 Å². The summed E-state index contributed by atoms with van der Waals surface area (Å²) < 4.78 is 5.30. The largest absolute Gasteiger partial charge is 0.379 e. The van der Waals surface area contributed by atoms with Crippen LogP contribution in [0.2, 0.25) is 0 Å². The van der Waals surface area contributed by atoms with E-state index in [1.165, 1.54) is 0 Å². The average Bonchev–Trinajstić information content (AvgIpc) is 2.15. The average molecular weight is 216 g/mol. The van der Waals surface area contributed by atoms with Gasteiger partial charge >= 0.3 is 0 Å². The van der Waals surface area contributed by atoms with Crippen LogP contribution in [0.1, 0.15) is 27.7 Å². The molecule has 0 aromatic heterocycles. The Morgan fingerprint density at radius 3 is 2.13 bits per heavy atom. The van der Waals surface area contributed by atoms with E-state index in [0.717, 1.165) is 37.5 Å². The van der Waals surface area contributed by atoms with Gasteiger partial charge in [0.1, 0.15) is 0 Å². The van der Waals surface area contributed by atoms with E-state index in [-0.39, 0.29) is 0 Å². The number of hydrogen-bond donors (Lipinski definition) is 2. The van der Waals surface area contributed by atoms with Crippen LogP contribution in [-0.4, -0.2) is 32.8 Å². The Bertz CT molecular complexity index is 130. The van der Waals surface area contributed by atoms with Crippen molar-refractivity contribution in [1.82, 2.24) is 5.32 Å². The van der Waals surface area contributed by atoms with E-state index < -0.39 is 0 Å². The lowest BCUT2D eigenvalue weighted by molar-refractivity contribution is 0.140. The topological polar surface area (TPSA) is 47.3 Å². The summed E-state index contributed by atoms with van der Waals surface area (Å²) in [4.78, 5) is 0. The van der Waals surface area contributed by atoms with Crippen LogP contribution < -0.4 is 11.1 Å². The Kier molecular flexibility index (Phi) is 9.06. The van der Waals surface area contributed by atoms with Gasteiger partial charge in [0.25, 0.3) is 0 Å². The van der Waals surface area contributed by atoms with Crippen LogP contribution in [0.3, 0.4) is 0 Å². The Morgan fingerprint density at radius 2 is 1.67 bits per heavy atom. The lowest BCUT2D eigenvalue weighted by atomic mass is 9.85. The van der Waals surface area contributed by atoms with Crippen molar-refractivity contribution in [3.05, 3.63) is 0 Å². The summed E-state index contributed by atoms with van der Waals surface area (Å²) in [7, 11) is 0. The van der Waals surface area contributed by atoms with Gasteiger partial charge in [0.05, 0.1) is 13.2 Å². The summed E-state index contributed by atoms with van der Waals surface area (Å²) in [6, 6.07) is 0. The smallest absolute Gasteiger partial charge is 0.0591 e. The molecule has 0 fully saturated rings. The molecule has 0 bridgehead atoms. The van der Waals surface area contributed by atoms with Crippen LogP contribution in [-0.2, 0) is 4.74 Å². The number of nitrogens with two attached hydrogens (primary N) is 1. The van der Waals surface area contributed by atoms with Crippen molar-refractivity contribution in [2.75, 3.05) is 32.8 Å². The molecule has 0 saturated heterocycles. The third kappa shape index (κ3) is 7.77. The Balaban J connectivity index is 3.46. The Morgan fingerprint density at radius 1 is 1.07 bits per heavy atom. The fourth-order valence-corrected chi connectivity index (χ4v) is 1.84. The molecule has 0 radical (unpaired) electrons. The highest BCUT2D eigenvalue weighted by atomic mass is 16.5. The van der Waals surface area contributed by atoms with E-state index in [4.69, 9.17) is 10.5 Å². The summed E-state index contributed by atoms with van der Waals surface area (Å²) in [5.74, 6) is 2.23. The molecule has 0 heterocycles. The molecule has 0 atom stereocenters. The molecule has 0 aliphatic heterocycles. The minimum Gasteiger partial charge on any atom is -0.379 e. The zero-order valence-corrected chi connectivity index (χ0v) is 10.8. The van der Waals surface area contributed by atoms with Crippen molar-refractivity contribution < 1.29 is 4.74 Å². The van der Waals surface area contributed by atoms with Crippen molar-refractivity contribution in [2.24, 2.45) is 23.5 Å². The highest BCUT2D eigenvalue weighted by molar-refractivity contribution is 4.69. The molecule has 0 amide bonds. The second kappa shape index (κ2) is 9.13. The van der Waals surface area contributed by atoms with Gasteiger partial charge in [-0.05, 0) is 24.3 Å². The maximum absolute atomic E-state index is 5.33. The molecule has 0 aromatic rings. The summed E-state index contributed by atoms with van der Waals surface area (Å²) in [6.45, 7) is 13.2. The molecular formula is C12H28N2O. The van der Waals surface area contributed by atoms with E-state index in [9.17, 15) is 0 Å². The van der Waals surface area contributed by atoms with Crippen molar-refractivity contribution in [2.45, 2.75) is 27.7 Å². The maximum atomic E-state index is 5.33. The molecule has 0 aliphatic carbocycles. The molecule has 0 aliphatic rings. The highest BCUT2D eigenvalue weighted by Crippen LogP contribution is 2.19. The monoisotopic (exact) mass is 216 g/mol. The van der Waals surface area contributed by atoms with Crippen molar-refractivity contribution >= 4 is 0 Å². The quantitative estimate of drug-likeness (QED) is 0.574. The third-order valence-corrected chi connectivity index (χ3v) is 2.78. The molecule has 0 unspecified atom stereocenters. The second-order valence-electron chi connectivity index (χ2n) is 4.76. The second-order valence-corrected chi connectivity index (χ2v) is 4.76. The standard InChI is InChI=1S/C12H28N2O/c1-10(2)12(11(3)4)9-14-6-8-15-7-5-13/h10-12,14H,5-9,13H2,1-4H3. The van der Waals surface area contributed by atoms with Gasteiger partial charge in [-0.1, -0.05) is 27.7 Å². The molecule has 15 heavy (non-hydrogen) atoms. The maximum Gasteiger partial charge on any atom is 0.0591 e. The van der Waals surface area contributed by atoms with E-state index in [0.29, 0.717) is 13.2 Å². The SMILES string of the molecule is CC(C)C(CNCCOCCN)C(C)C. The fourth-order valence-electron chi connectivity index (χ4n) is 1.84. The molecule has 0 aromatic carbocycles. The predicted molar refractivity (Wildman–Crippen MR) is 65.9 cm³/mol. The van der Waals surface area contributed by atoms with Crippen LogP contribution in [0, 0.1) is 17.8 Å². The summed E-state index contributed by atoms with van der Waals surface area (Å²) in [5.41, 5.74) is 5.33. The van der Waals surface area contributed by atoms with Crippen molar-refractivity contribution in [3.8, 4) is 0 Å². The van der Waals surface area contributed by atoms with Crippen LogP contribution in [0.15, 0.2) is 0 Å². The molecule has 3 N–H and O–H groups in total. The van der Waals surface area contributed by atoms with Gasteiger partial charge in [0.15, 0.2) is 0 Å². The Labute approximate surface area is 94.8 Å². The zero-order chi connectivity index (χ0) is 11.7. The molecule has 0 spiro atoms. The van der Waals surface area contributed by atoms with Crippen LogP contribution in [0.5, 0.6) is 0 Å². The zero-order valence-electron chi connectivity index (χ0n) is 10.8. The van der Waals surface area contributed by atoms with E-state index >= 15 is 0 Å². The number of rotatable bonds is 9. The minimum atomic E-state index is 0.612. The molecular weight excluding hydrogens is 188 g/mol.